The average molecular weight is 254 g/mol. The first-order valence-corrected chi connectivity index (χ1v) is 5.77. The van der Waals surface area contributed by atoms with Gasteiger partial charge < -0.3 is 19.9 Å². The van der Waals surface area contributed by atoms with Crippen molar-refractivity contribution in [2.75, 3.05) is 31.6 Å². The molecule has 0 spiro atoms. The fourth-order valence-electron chi connectivity index (χ4n) is 1.55. The number of nitrogens with one attached hydrogen (secondary N) is 2. The Kier molecular flexibility index (Phi) is 5.16. The van der Waals surface area contributed by atoms with E-state index in [-0.39, 0.29) is 23.8 Å². The molecule has 100 valence electrons. The maximum absolute atomic E-state index is 11.6. The maximum atomic E-state index is 11.6. The summed E-state index contributed by atoms with van der Waals surface area (Å²) >= 11 is 0. The fourth-order valence-corrected chi connectivity index (χ4v) is 1.55. The van der Waals surface area contributed by atoms with Crippen LogP contribution in [0.1, 0.15) is 13.8 Å². The Labute approximate surface area is 105 Å². The van der Waals surface area contributed by atoms with Crippen LogP contribution in [-0.4, -0.2) is 42.6 Å². The lowest BCUT2D eigenvalue weighted by atomic mass is 10.4. The van der Waals surface area contributed by atoms with Crippen LogP contribution in [-0.2, 0) is 4.79 Å². The van der Waals surface area contributed by atoms with Crippen LogP contribution < -0.4 is 20.5 Å². The molecule has 7 nitrogen and oxygen atoms in total. The SMILES string of the molecule is CCNC(=O)CN(CC)c1nc[nH]c(=O)c1OC. The van der Waals surface area contributed by atoms with E-state index >= 15 is 0 Å². The van der Waals surface area contributed by atoms with Crippen LogP contribution in [0.15, 0.2) is 11.1 Å². The third kappa shape index (κ3) is 3.22. The number of ether oxygens (including phenoxy) is 1. The van der Waals surface area contributed by atoms with Gasteiger partial charge in [-0.15, -0.1) is 0 Å². The Bertz CT molecular complexity index is 458. The number of hydrogen-bond donors (Lipinski definition) is 2. The largest absolute Gasteiger partial charge is 0.489 e. The van der Waals surface area contributed by atoms with E-state index in [9.17, 15) is 9.59 Å². The first-order chi connectivity index (χ1) is 8.63. The zero-order chi connectivity index (χ0) is 13.5. The zero-order valence-corrected chi connectivity index (χ0v) is 10.8. The van der Waals surface area contributed by atoms with Crippen molar-refractivity contribution < 1.29 is 9.53 Å². The van der Waals surface area contributed by atoms with Crippen molar-refractivity contribution in [3.8, 4) is 5.75 Å². The molecule has 0 saturated carbocycles. The Hall–Kier alpha value is -2.05. The minimum Gasteiger partial charge on any atom is -0.489 e. The van der Waals surface area contributed by atoms with Gasteiger partial charge in [0, 0.05) is 13.1 Å². The van der Waals surface area contributed by atoms with Crippen molar-refractivity contribution in [3.05, 3.63) is 16.7 Å². The molecule has 0 radical (unpaired) electrons. The van der Waals surface area contributed by atoms with Crippen LogP contribution in [0.4, 0.5) is 5.82 Å². The summed E-state index contributed by atoms with van der Waals surface area (Å²) in [7, 11) is 1.40. The summed E-state index contributed by atoms with van der Waals surface area (Å²) in [5.74, 6) is 0.363. The second kappa shape index (κ2) is 6.63. The van der Waals surface area contributed by atoms with Gasteiger partial charge in [-0.25, -0.2) is 4.98 Å². The van der Waals surface area contributed by atoms with Crippen LogP contribution in [0.5, 0.6) is 5.75 Å². The van der Waals surface area contributed by atoms with Crippen molar-refractivity contribution in [2.45, 2.75) is 13.8 Å². The van der Waals surface area contributed by atoms with Crippen LogP contribution >= 0.6 is 0 Å². The standard InChI is InChI=1S/C11H18N4O3/c1-4-12-8(16)6-15(5-2)10-9(18-3)11(17)14-7-13-10/h7H,4-6H2,1-3H3,(H,12,16)(H,13,14,17). The predicted octanol–water partition coefficient (Wildman–Crippen LogP) is -0.259. The van der Waals surface area contributed by atoms with E-state index in [1.807, 2.05) is 13.8 Å². The number of aromatic nitrogens is 2. The number of amides is 1. The smallest absolute Gasteiger partial charge is 0.295 e. The molecule has 1 aromatic rings. The average Bonchev–Trinajstić information content (AvgIpc) is 2.36. The van der Waals surface area contributed by atoms with Gasteiger partial charge in [0.05, 0.1) is 20.0 Å². The van der Waals surface area contributed by atoms with Gasteiger partial charge >= 0.3 is 0 Å². The molecule has 1 heterocycles. The molecule has 0 aliphatic carbocycles. The van der Waals surface area contributed by atoms with Gasteiger partial charge in [0.2, 0.25) is 11.7 Å². The van der Waals surface area contributed by atoms with E-state index in [4.69, 9.17) is 4.74 Å². The maximum Gasteiger partial charge on any atom is 0.295 e. The molecule has 7 heteroatoms. The van der Waals surface area contributed by atoms with E-state index in [1.165, 1.54) is 13.4 Å². The molecular formula is C11H18N4O3. The van der Waals surface area contributed by atoms with Gasteiger partial charge in [0.1, 0.15) is 0 Å². The van der Waals surface area contributed by atoms with Gasteiger partial charge in [-0.2, -0.15) is 0 Å². The summed E-state index contributed by atoms with van der Waals surface area (Å²) in [6.45, 7) is 4.97. The first-order valence-electron chi connectivity index (χ1n) is 5.77. The van der Waals surface area contributed by atoms with Crippen molar-refractivity contribution in [1.29, 1.82) is 0 Å². The second-order valence-corrected chi connectivity index (χ2v) is 3.56. The predicted molar refractivity (Wildman–Crippen MR) is 68.0 cm³/mol. The minimum absolute atomic E-state index is 0.114. The molecule has 0 aliphatic heterocycles. The summed E-state index contributed by atoms with van der Waals surface area (Å²) < 4.78 is 5.02. The van der Waals surface area contributed by atoms with Crippen molar-refractivity contribution in [3.63, 3.8) is 0 Å². The highest BCUT2D eigenvalue weighted by atomic mass is 16.5. The molecule has 18 heavy (non-hydrogen) atoms. The first kappa shape index (κ1) is 14.0. The van der Waals surface area contributed by atoms with Gasteiger partial charge in [0.25, 0.3) is 5.56 Å². The van der Waals surface area contributed by atoms with Crippen LogP contribution in [0.2, 0.25) is 0 Å². The molecule has 0 saturated heterocycles. The Morgan fingerprint density at radius 3 is 2.83 bits per heavy atom. The lowest BCUT2D eigenvalue weighted by Gasteiger charge is -2.22. The summed E-state index contributed by atoms with van der Waals surface area (Å²) in [5.41, 5.74) is -0.364. The number of hydrogen-bond acceptors (Lipinski definition) is 5. The van der Waals surface area contributed by atoms with Crippen molar-refractivity contribution in [2.24, 2.45) is 0 Å². The minimum atomic E-state index is -0.364. The topological polar surface area (TPSA) is 87.3 Å². The number of H-pyrrole nitrogens is 1. The normalized spacial score (nSPS) is 9.94. The summed E-state index contributed by atoms with van der Waals surface area (Å²) in [5, 5.41) is 2.70. The number of likely N-dealkylation sites (N-methyl/N-ethyl adjacent to an activating group) is 2. The zero-order valence-electron chi connectivity index (χ0n) is 10.8. The molecule has 1 aromatic heterocycles. The fraction of sp³-hybridized carbons (Fsp3) is 0.545. The van der Waals surface area contributed by atoms with E-state index in [2.05, 4.69) is 15.3 Å². The summed E-state index contributed by atoms with van der Waals surface area (Å²) in [6.07, 6.45) is 1.29. The van der Waals surface area contributed by atoms with E-state index in [1.54, 1.807) is 4.90 Å². The Morgan fingerprint density at radius 1 is 1.56 bits per heavy atom. The summed E-state index contributed by atoms with van der Waals surface area (Å²) in [4.78, 5) is 31.3. The van der Waals surface area contributed by atoms with Crippen molar-refractivity contribution in [1.82, 2.24) is 15.3 Å². The molecule has 0 fully saturated rings. The number of anilines is 1. The lowest BCUT2D eigenvalue weighted by molar-refractivity contribution is -0.119. The van der Waals surface area contributed by atoms with Crippen LogP contribution in [0.3, 0.4) is 0 Å². The molecule has 2 N–H and O–H groups in total. The summed E-state index contributed by atoms with van der Waals surface area (Å²) in [6, 6.07) is 0. The van der Waals surface area contributed by atoms with Gasteiger partial charge in [-0.05, 0) is 13.8 Å². The Balaban J connectivity index is 2.98. The monoisotopic (exact) mass is 254 g/mol. The quantitative estimate of drug-likeness (QED) is 0.730. The molecule has 0 aliphatic rings. The van der Waals surface area contributed by atoms with E-state index in [0.717, 1.165) is 0 Å². The molecule has 0 atom stereocenters. The third-order valence-electron chi connectivity index (χ3n) is 2.39. The van der Waals surface area contributed by atoms with E-state index in [0.29, 0.717) is 18.9 Å². The van der Waals surface area contributed by atoms with Gasteiger partial charge in [-0.1, -0.05) is 0 Å². The van der Waals surface area contributed by atoms with E-state index < -0.39 is 0 Å². The highest BCUT2D eigenvalue weighted by Crippen LogP contribution is 2.19. The third-order valence-corrected chi connectivity index (χ3v) is 2.39. The number of methoxy groups -OCH3 is 1. The number of carbonyl (C=O) groups excluding carboxylic acids is 1. The molecule has 0 aromatic carbocycles. The second-order valence-electron chi connectivity index (χ2n) is 3.56. The van der Waals surface area contributed by atoms with Gasteiger partial charge in [0.15, 0.2) is 5.82 Å². The molecule has 1 rings (SSSR count). The number of nitrogens with zero attached hydrogens (tertiary/aromatic N) is 2. The molecular weight excluding hydrogens is 236 g/mol. The van der Waals surface area contributed by atoms with Crippen LogP contribution in [0, 0.1) is 0 Å². The number of aromatic amines is 1. The van der Waals surface area contributed by atoms with Gasteiger partial charge in [-0.3, -0.25) is 9.59 Å². The molecule has 0 bridgehead atoms. The lowest BCUT2D eigenvalue weighted by Crippen LogP contribution is -2.38. The number of carbonyl (C=O) groups is 1. The number of rotatable bonds is 6. The highest BCUT2D eigenvalue weighted by molar-refractivity contribution is 5.81. The van der Waals surface area contributed by atoms with Crippen molar-refractivity contribution >= 4 is 11.7 Å². The highest BCUT2D eigenvalue weighted by Gasteiger charge is 2.17. The molecule has 0 unspecified atom stereocenters. The van der Waals surface area contributed by atoms with Crippen LogP contribution in [0.25, 0.3) is 0 Å². The Morgan fingerprint density at radius 2 is 2.28 bits per heavy atom. The molecule has 1 amide bonds.